The molecule has 0 aliphatic carbocycles. The molecule has 1 atom stereocenters. The Morgan fingerprint density at radius 2 is 2.12 bits per heavy atom. The predicted molar refractivity (Wildman–Crippen MR) is 88.8 cm³/mol. The molecule has 0 radical (unpaired) electrons. The number of rotatable bonds is 4. The van der Waals surface area contributed by atoms with Crippen molar-refractivity contribution < 1.29 is 19.0 Å². The van der Waals surface area contributed by atoms with Crippen LogP contribution in [0.1, 0.15) is 22.7 Å². The Morgan fingerprint density at radius 1 is 1.33 bits per heavy atom. The summed E-state index contributed by atoms with van der Waals surface area (Å²) < 4.78 is 20.3. The summed E-state index contributed by atoms with van der Waals surface area (Å²) >= 11 is 0. The van der Waals surface area contributed by atoms with Gasteiger partial charge in [-0.05, 0) is 29.7 Å². The molecule has 0 saturated heterocycles. The minimum atomic E-state index is -1.08. The molecular formula is C19H18FNO3. The third kappa shape index (κ3) is 2.85. The summed E-state index contributed by atoms with van der Waals surface area (Å²) in [5, 5.41) is 9.60. The topological polar surface area (TPSA) is 49.8 Å². The lowest BCUT2D eigenvalue weighted by Gasteiger charge is -2.36. The van der Waals surface area contributed by atoms with Crippen LogP contribution in [-0.4, -0.2) is 29.3 Å². The van der Waals surface area contributed by atoms with E-state index in [0.717, 1.165) is 11.1 Å². The Hall–Kier alpha value is -2.82. The van der Waals surface area contributed by atoms with E-state index < -0.39 is 18.0 Å². The first-order valence-corrected chi connectivity index (χ1v) is 7.73. The van der Waals surface area contributed by atoms with Crippen LogP contribution in [-0.2, 0) is 6.42 Å². The van der Waals surface area contributed by atoms with Gasteiger partial charge in [0.15, 0.2) is 0 Å². The van der Waals surface area contributed by atoms with E-state index in [9.17, 15) is 14.3 Å². The lowest BCUT2D eigenvalue weighted by molar-refractivity contribution is 0.127. The molecule has 24 heavy (non-hydrogen) atoms. The van der Waals surface area contributed by atoms with E-state index in [1.165, 1.54) is 11.0 Å². The number of amides is 1. The van der Waals surface area contributed by atoms with Crippen LogP contribution in [0.3, 0.4) is 0 Å². The summed E-state index contributed by atoms with van der Waals surface area (Å²) in [5.74, 6) is -0.146. The van der Waals surface area contributed by atoms with Gasteiger partial charge in [0.1, 0.15) is 18.2 Å². The molecule has 0 saturated carbocycles. The third-order valence-corrected chi connectivity index (χ3v) is 4.17. The van der Waals surface area contributed by atoms with Crippen LogP contribution in [0, 0.1) is 5.82 Å². The summed E-state index contributed by atoms with van der Waals surface area (Å²) in [5.41, 5.74) is 2.06. The average molecular weight is 327 g/mol. The molecule has 1 aliphatic heterocycles. The Bertz CT molecular complexity index is 775. The normalized spacial score (nSPS) is 16.4. The molecule has 2 aromatic rings. The standard InChI is InChI=1S/C19H18FNO3/c1-2-12-24-16-9-5-8-15(20)17(16)18-14-7-4-3-6-13(14)10-11-21(18)19(22)23/h2-9,18H,1,10-12H2,(H,22,23). The van der Waals surface area contributed by atoms with Gasteiger partial charge in [0.2, 0.25) is 0 Å². The quantitative estimate of drug-likeness (QED) is 0.863. The summed E-state index contributed by atoms with van der Waals surface area (Å²) in [4.78, 5) is 13.0. The van der Waals surface area contributed by atoms with E-state index in [-0.39, 0.29) is 12.2 Å². The number of ether oxygens (including phenoxy) is 1. The number of carboxylic acid groups (broad SMARTS) is 1. The highest BCUT2D eigenvalue weighted by Gasteiger charge is 2.35. The molecule has 1 aliphatic rings. The fourth-order valence-electron chi connectivity index (χ4n) is 3.14. The van der Waals surface area contributed by atoms with Crippen LogP contribution in [0.25, 0.3) is 0 Å². The van der Waals surface area contributed by atoms with E-state index in [4.69, 9.17) is 4.74 Å². The fourth-order valence-corrected chi connectivity index (χ4v) is 3.14. The fraction of sp³-hybridized carbons (Fsp3) is 0.211. The smallest absolute Gasteiger partial charge is 0.408 e. The Balaban J connectivity index is 2.18. The molecular weight excluding hydrogens is 309 g/mol. The molecule has 0 bridgehead atoms. The van der Waals surface area contributed by atoms with Gasteiger partial charge in [-0.2, -0.15) is 0 Å². The summed E-state index contributed by atoms with van der Waals surface area (Å²) in [6, 6.07) is 11.3. The maximum Gasteiger partial charge on any atom is 0.408 e. The number of benzene rings is 2. The first-order chi connectivity index (χ1) is 11.6. The zero-order valence-electron chi connectivity index (χ0n) is 13.1. The lowest BCUT2D eigenvalue weighted by atomic mass is 9.87. The van der Waals surface area contributed by atoms with Crippen molar-refractivity contribution >= 4 is 6.09 Å². The van der Waals surface area contributed by atoms with Crippen LogP contribution in [0.2, 0.25) is 0 Å². The highest BCUT2D eigenvalue weighted by Crippen LogP contribution is 2.40. The van der Waals surface area contributed by atoms with Crippen LogP contribution in [0.4, 0.5) is 9.18 Å². The molecule has 2 aromatic carbocycles. The molecule has 3 rings (SSSR count). The number of carbonyl (C=O) groups is 1. The van der Waals surface area contributed by atoms with Crippen molar-refractivity contribution in [1.29, 1.82) is 0 Å². The van der Waals surface area contributed by atoms with E-state index in [2.05, 4.69) is 6.58 Å². The maximum absolute atomic E-state index is 14.7. The van der Waals surface area contributed by atoms with Crippen LogP contribution < -0.4 is 4.74 Å². The minimum absolute atomic E-state index is 0.220. The number of fused-ring (bicyclic) bond motifs is 1. The van der Waals surface area contributed by atoms with Gasteiger partial charge < -0.3 is 9.84 Å². The summed E-state index contributed by atoms with van der Waals surface area (Å²) in [6.45, 7) is 4.13. The highest BCUT2D eigenvalue weighted by atomic mass is 19.1. The second-order valence-electron chi connectivity index (χ2n) is 5.58. The molecule has 5 heteroatoms. The van der Waals surface area contributed by atoms with Crippen molar-refractivity contribution in [2.24, 2.45) is 0 Å². The monoisotopic (exact) mass is 327 g/mol. The third-order valence-electron chi connectivity index (χ3n) is 4.17. The van der Waals surface area contributed by atoms with Crippen molar-refractivity contribution in [3.8, 4) is 5.75 Å². The van der Waals surface area contributed by atoms with Crippen LogP contribution in [0.15, 0.2) is 55.1 Å². The highest BCUT2D eigenvalue weighted by molar-refractivity contribution is 5.68. The number of hydrogen-bond acceptors (Lipinski definition) is 2. The number of hydrogen-bond donors (Lipinski definition) is 1. The van der Waals surface area contributed by atoms with Gasteiger partial charge in [0.25, 0.3) is 0 Å². The van der Waals surface area contributed by atoms with E-state index in [0.29, 0.717) is 18.7 Å². The van der Waals surface area contributed by atoms with Gasteiger partial charge in [-0.1, -0.05) is 43.0 Å². The van der Waals surface area contributed by atoms with Crippen LogP contribution in [0.5, 0.6) is 5.75 Å². The summed E-state index contributed by atoms with van der Waals surface area (Å²) in [6.07, 6.45) is 1.10. The minimum Gasteiger partial charge on any atom is -0.489 e. The largest absolute Gasteiger partial charge is 0.489 e. The Kier molecular flexibility index (Phi) is 4.51. The number of nitrogens with zero attached hydrogens (tertiary/aromatic N) is 1. The van der Waals surface area contributed by atoms with Crippen molar-refractivity contribution in [3.05, 3.63) is 77.6 Å². The lowest BCUT2D eigenvalue weighted by Crippen LogP contribution is -2.40. The molecule has 1 unspecified atom stereocenters. The van der Waals surface area contributed by atoms with Gasteiger partial charge in [-0.15, -0.1) is 0 Å². The second-order valence-corrected chi connectivity index (χ2v) is 5.58. The average Bonchev–Trinajstić information content (AvgIpc) is 2.59. The van der Waals surface area contributed by atoms with Crippen molar-refractivity contribution in [2.45, 2.75) is 12.5 Å². The maximum atomic E-state index is 14.7. The molecule has 1 amide bonds. The zero-order chi connectivity index (χ0) is 17.1. The molecule has 0 fully saturated rings. The first kappa shape index (κ1) is 16.1. The Labute approximate surface area is 139 Å². The first-order valence-electron chi connectivity index (χ1n) is 7.73. The van der Waals surface area contributed by atoms with Gasteiger partial charge in [0.05, 0.1) is 11.6 Å². The molecule has 4 nitrogen and oxygen atoms in total. The van der Waals surface area contributed by atoms with Crippen molar-refractivity contribution in [3.63, 3.8) is 0 Å². The van der Waals surface area contributed by atoms with E-state index >= 15 is 0 Å². The molecule has 0 aromatic heterocycles. The Morgan fingerprint density at radius 3 is 2.88 bits per heavy atom. The van der Waals surface area contributed by atoms with Gasteiger partial charge >= 0.3 is 6.09 Å². The van der Waals surface area contributed by atoms with Crippen molar-refractivity contribution in [2.75, 3.05) is 13.2 Å². The van der Waals surface area contributed by atoms with Crippen molar-refractivity contribution in [1.82, 2.24) is 4.90 Å². The van der Waals surface area contributed by atoms with Crippen LogP contribution >= 0.6 is 0 Å². The van der Waals surface area contributed by atoms with E-state index in [1.807, 2.05) is 24.3 Å². The predicted octanol–water partition coefficient (Wildman–Crippen LogP) is 4.02. The zero-order valence-corrected chi connectivity index (χ0v) is 13.1. The van der Waals surface area contributed by atoms with Gasteiger partial charge in [-0.25, -0.2) is 9.18 Å². The molecule has 1 N–H and O–H groups in total. The number of halogens is 1. The molecule has 0 spiro atoms. The van der Waals surface area contributed by atoms with Gasteiger partial charge in [-0.3, -0.25) is 4.90 Å². The van der Waals surface area contributed by atoms with E-state index in [1.54, 1.807) is 18.2 Å². The molecule has 124 valence electrons. The summed E-state index contributed by atoms with van der Waals surface area (Å²) in [7, 11) is 0. The second kappa shape index (κ2) is 6.74. The molecule has 1 heterocycles. The van der Waals surface area contributed by atoms with Gasteiger partial charge in [0, 0.05) is 6.54 Å². The SMILES string of the molecule is C=CCOc1cccc(F)c1C1c2ccccc2CCN1C(=O)O.